The third-order valence-electron chi connectivity index (χ3n) is 4.03. The summed E-state index contributed by atoms with van der Waals surface area (Å²) in [5.41, 5.74) is 1.09. The van der Waals surface area contributed by atoms with Crippen molar-refractivity contribution in [3.8, 4) is 0 Å². The highest BCUT2D eigenvalue weighted by Gasteiger charge is 2.30. The third kappa shape index (κ3) is 2.99. The molecule has 20 heavy (non-hydrogen) atoms. The molecular formula is C15H20N2O3. The summed E-state index contributed by atoms with van der Waals surface area (Å²) in [6.45, 7) is 3.34. The molecule has 2 saturated heterocycles. The average Bonchev–Trinajstić information content (AvgIpc) is 2.56. The molecule has 1 atom stereocenters. The van der Waals surface area contributed by atoms with E-state index in [1.807, 2.05) is 17.0 Å². The Morgan fingerprint density at radius 3 is 2.70 bits per heavy atom. The van der Waals surface area contributed by atoms with E-state index < -0.39 is 0 Å². The molecule has 2 aliphatic rings. The molecule has 2 fully saturated rings. The summed E-state index contributed by atoms with van der Waals surface area (Å²) < 4.78 is 11.1. The van der Waals surface area contributed by atoms with Crippen LogP contribution in [0.1, 0.15) is 24.5 Å². The highest BCUT2D eigenvalue weighted by Crippen LogP contribution is 2.25. The van der Waals surface area contributed by atoms with Crippen LogP contribution in [0.15, 0.2) is 24.5 Å². The third-order valence-corrected chi connectivity index (χ3v) is 4.03. The lowest BCUT2D eigenvalue weighted by Gasteiger charge is -2.36. The van der Waals surface area contributed by atoms with Gasteiger partial charge in [0.15, 0.2) is 0 Å². The number of rotatable bonds is 2. The van der Waals surface area contributed by atoms with E-state index in [1.54, 1.807) is 12.4 Å². The zero-order valence-electron chi connectivity index (χ0n) is 11.5. The Bertz CT molecular complexity index is 446. The maximum atomic E-state index is 12.5. The highest BCUT2D eigenvalue weighted by molar-refractivity contribution is 5.79. The molecule has 3 rings (SSSR count). The van der Waals surface area contributed by atoms with Gasteiger partial charge in [0.2, 0.25) is 5.91 Å². The number of morpholine rings is 1. The van der Waals surface area contributed by atoms with Crippen LogP contribution in [0.2, 0.25) is 0 Å². The van der Waals surface area contributed by atoms with Crippen LogP contribution in [0.25, 0.3) is 0 Å². The standard InChI is InChI=1S/C15H20N2O3/c18-15(13-3-8-19-9-4-13)17-7-10-20-14(11-17)12-1-5-16-6-2-12/h1-2,5-6,13-14H,3-4,7-11H2. The molecule has 1 aromatic heterocycles. The van der Waals surface area contributed by atoms with Gasteiger partial charge in [-0.05, 0) is 30.5 Å². The second kappa shape index (κ2) is 6.33. The SMILES string of the molecule is O=C(C1CCOCC1)N1CCOC(c2ccncc2)C1. The second-order valence-corrected chi connectivity index (χ2v) is 5.31. The lowest BCUT2D eigenvalue weighted by Crippen LogP contribution is -2.46. The summed E-state index contributed by atoms with van der Waals surface area (Å²) in [6, 6.07) is 3.90. The first-order chi connectivity index (χ1) is 9.84. The summed E-state index contributed by atoms with van der Waals surface area (Å²) in [5.74, 6) is 0.385. The number of pyridine rings is 1. The van der Waals surface area contributed by atoms with Crippen LogP contribution in [0, 0.1) is 5.92 Å². The van der Waals surface area contributed by atoms with Gasteiger partial charge < -0.3 is 14.4 Å². The van der Waals surface area contributed by atoms with Gasteiger partial charge in [-0.1, -0.05) is 0 Å². The first kappa shape index (κ1) is 13.5. The van der Waals surface area contributed by atoms with E-state index in [1.165, 1.54) is 0 Å². The van der Waals surface area contributed by atoms with Crippen LogP contribution in [0.3, 0.4) is 0 Å². The van der Waals surface area contributed by atoms with Gasteiger partial charge in [0.25, 0.3) is 0 Å². The quantitative estimate of drug-likeness (QED) is 0.819. The molecule has 0 aliphatic carbocycles. The van der Waals surface area contributed by atoms with Crippen LogP contribution in [-0.2, 0) is 14.3 Å². The van der Waals surface area contributed by atoms with Crippen LogP contribution >= 0.6 is 0 Å². The fourth-order valence-corrected chi connectivity index (χ4v) is 2.83. The van der Waals surface area contributed by atoms with Crippen LogP contribution in [0.4, 0.5) is 0 Å². The molecule has 0 N–H and O–H groups in total. The molecule has 1 aromatic rings. The number of amides is 1. The summed E-state index contributed by atoms with van der Waals surface area (Å²) in [6.07, 6.45) is 5.18. The van der Waals surface area contributed by atoms with Crippen molar-refractivity contribution in [2.24, 2.45) is 5.92 Å². The Balaban J connectivity index is 1.64. The zero-order valence-corrected chi connectivity index (χ0v) is 11.5. The topological polar surface area (TPSA) is 51.7 Å². The van der Waals surface area contributed by atoms with Crippen LogP contribution in [-0.4, -0.2) is 48.7 Å². The predicted molar refractivity (Wildman–Crippen MR) is 73.1 cm³/mol. The molecule has 0 saturated carbocycles. The van der Waals surface area contributed by atoms with Gasteiger partial charge in [-0.15, -0.1) is 0 Å². The number of ether oxygens (including phenoxy) is 2. The molecule has 108 valence electrons. The summed E-state index contributed by atoms with van der Waals surface area (Å²) >= 11 is 0. The monoisotopic (exact) mass is 276 g/mol. The number of hydrogen-bond donors (Lipinski definition) is 0. The maximum Gasteiger partial charge on any atom is 0.226 e. The Morgan fingerprint density at radius 2 is 1.95 bits per heavy atom. The second-order valence-electron chi connectivity index (χ2n) is 5.31. The van der Waals surface area contributed by atoms with Crippen molar-refractivity contribution in [1.29, 1.82) is 0 Å². The minimum Gasteiger partial charge on any atom is -0.381 e. The van der Waals surface area contributed by atoms with E-state index in [2.05, 4.69) is 4.98 Å². The average molecular weight is 276 g/mol. The highest BCUT2D eigenvalue weighted by atomic mass is 16.5. The molecule has 1 amide bonds. The summed E-state index contributed by atoms with van der Waals surface area (Å²) in [7, 11) is 0. The van der Waals surface area contributed by atoms with E-state index in [0.717, 1.165) is 18.4 Å². The number of hydrogen-bond acceptors (Lipinski definition) is 4. The molecule has 2 aliphatic heterocycles. The molecule has 5 nitrogen and oxygen atoms in total. The number of nitrogens with zero attached hydrogens (tertiary/aromatic N) is 2. The largest absolute Gasteiger partial charge is 0.381 e. The lowest BCUT2D eigenvalue weighted by molar-refractivity contribution is -0.146. The van der Waals surface area contributed by atoms with Gasteiger partial charge in [-0.3, -0.25) is 9.78 Å². The fourth-order valence-electron chi connectivity index (χ4n) is 2.83. The lowest BCUT2D eigenvalue weighted by atomic mass is 9.98. The molecule has 1 unspecified atom stereocenters. The Hall–Kier alpha value is -1.46. The minimum absolute atomic E-state index is 0.0319. The Kier molecular flexibility index (Phi) is 4.28. The normalized spacial score (nSPS) is 24.6. The van der Waals surface area contributed by atoms with Gasteiger partial charge in [0.1, 0.15) is 6.10 Å². The summed E-state index contributed by atoms with van der Waals surface area (Å²) in [5, 5.41) is 0. The molecule has 0 radical (unpaired) electrons. The Labute approximate surface area is 118 Å². The van der Waals surface area contributed by atoms with Crippen LogP contribution in [0.5, 0.6) is 0 Å². The van der Waals surface area contributed by atoms with Crippen molar-refractivity contribution in [3.63, 3.8) is 0 Å². The van der Waals surface area contributed by atoms with E-state index in [4.69, 9.17) is 9.47 Å². The molecule has 0 spiro atoms. The molecular weight excluding hydrogens is 256 g/mol. The Morgan fingerprint density at radius 1 is 1.20 bits per heavy atom. The molecule has 0 aromatic carbocycles. The first-order valence-electron chi connectivity index (χ1n) is 7.22. The van der Waals surface area contributed by atoms with Crippen molar-refractivity contribution in [1.82, 2.24) is 9.88 Å². The molecule has 5 heteroatoms. The van der Waals surface area contributed by atoms with Crippen molar-refractivity contribution < 1.29 is 14.3 Å². The maximum absolute atomic E-state index is 12.5. The molecule has 3 heterocycles. The van der Waals surface area contributed by atoms with Crippen LogP contribution < -0.4 is 0 Å². The number of carbonyl (C=O) groups excluding carboxylic acids is 1. The van der Waals surface area contributed by atoms with E-state index in [0.29, 0.717) is 32.9 Å². The smallest absolute Gasteiger partial charge is 0.226 e. The first-order valence-corrected chi connectivity index (χ1v) is 7.22. The van der Waals surface area contributed by atoms with Gasteiger partial charge in [-0.25, -0.2) is 0 Å². The van der Waals surface area contributed by atoms with Crippen molar-refractivity contribution in [2.45, 2.75) is 18.9 Å². The van der Waals surface area contributed by atoms with Gasteiger partial charge in [0, 0.05) is 38.1 Å². The molecule has 0 bridgehead atoms. The van der Waals surface area contributed by atoms with Crippen molar-refractivity contribution in [3.05, 3.63) is 30.1 Å². The number of aromatic nitrogens is 1. The zero-order chi connectivity index (χ0) is 13.8. The number of carbonyl (C=O) groups is 1. The van der Waals surface area contributed by atoms with Gasteiger partial charge in [-0.2, -0.15) is 0 Å². The van der Waals surface area contributed by atoms with E-state index in [9.17, 15) is 4.79 Å². The van der Waals surface area contributed by atoms with E-state index >= 15 is 0 Å². The van der Waals surface area contributed by atoms with Gasteiger partial charge >= 0.3 is 0 Å². The minimum atomic E-state index is -0.0319. The van der Waals surface area contributed by atoms with Gasteiger partial charge in [0.05, 0.1) is 13.2 Å². The summed E-state index contributed by atoms with van der Waals surface area (Å²) in [4.78, 5) is 18.5. The predicted octanol–water partition coefficient (Wildman–Crippen LogP) is 1.41. The van der Waals surface area contributed by atoms with E-state index in [-0.39, 0.29) is 17.9 Å². The van der Waals surface area contributed by atoms with Crippen molar-refractivity contribution >= 4 is 5.91 Å². The van der Waals surface area contributed by atoms with Crippen molar-refractivity contribution in [2.75, 3.05) is 32.9 Å². The fraction of sp³-hybridized carbons (Fsp3) is 0.600.